The molecule has 0 saturated carbocycles. The molecule has 204 valence electrons. The van der Waals surface area contributed by atoms with Crippen LogP contribution in [0.2, 0.25) is 0 Å². The lowest BCUT2D eigenvalue weighted by Gasteiger charge is -2.26. The second-order valence-electron chi connectivity index (χ2n) is 10.5. The zero-order valence-corrected chi connectivity index (χ0v) is 22.6. The van der Waals surface area contributed by atoms with E-state index in [1.54, 1.807) is 30.3 Å². The Bertz CT molecular complexity index is 1110. The number of aromatic nitrogens is 1. The van der Waals surface area contributed by atoms with Gasteiger partial charge in [0.25, 0.3) is 5.91 Å². The number of Topliss-reactive ketones (excluding diaryl/α,β-unsaturated/α-hetero) is 1. The van der Waals surface area contributed by atoms with Crippen molar-refractivity contribution in [1.82, 2.24) is 20.5 Å². The zero-order chi connectivity index (χ0) is 27.7. The Labute approximate surface area is 224 Å². The summed E-state index contributed by atoms with van der Waals surface area (Å²) in [6.07, 6.45) is 3.97. The number of ether oxygens (including phenoxy) is 1. The highest BCUT2D eigenvalue weighted by molar-refractivity contribution is 6.38. The van der Waals surface area contributed by atoms with E-state index in [1.165, 1.54) is 0 Å². The number of nitrogens with one attached hydrogen (secondary N) is 2. The van der Waals surface area contributed by atoms with Crippen molar-refractivity contribution >= 4 is 23.7 Å². The first kappa shape index (κ1) is 28.8. The van der Waals surface area contributed by atoms with Gasteiger partial charge in [-0.15, -0.1) is 0 Å². The molecule has 38 heavy (non-hydrogen) atoms. The molecule has 2 N–H and O–H groups in total. The average Bonchev–Trinajstić information content (AvgIpc) is 3.20. The van der Waals surface area contributed by atoms with E-state index in [1.807, 2.05) is 57.2 Å². The van der Waals surface area contributed by atoms with Crippen molar-refractivity contribution < 1.29 is 23.9 Å². The van der Waals surface area contributed by atoms with Gasteiger partial charge in [0.15, 0.2) is 0 Å². The van der Waals surface area contributed by atoms with Gasteiger partial charge in [-0.25, -0.2) is 4.79 Å². The maximum Gasteiger partial charge on any atom is 0.408 e. The van der Waals surface area contributed by atoms with Crippen molar-refractivity contribution in [3.05, 3.63) is 66.0 Å². The molecule has 0 aliphatic carbocycles. The SMILES string of the molecule is CCCCC(NC(=O)O[C@@H]1CN(C(=O)Cc2cccnc2)CC1(C)C)C(=O)C(=O)N[C@H](C)c1ccccc1. The number of alkyl carbamates (subject to hydrolysis) is 1. The predicted octanol–water partition coefficient (Wildman–Crippen LogP) is 3.59. The number of nitrogens with zero attached hydrogens (tertiary/aromatic N) is 2. The highest BCUT2D eigenvalue weighted by Crippen LogP contribution is 2.32. The number of pyridine rings is 1. The van der Waals surface area contributed by atoms with Crippen LogP contribution in [0.5, 0.6) is 0 Å². The third-order valence-corrected chi connectivity index (χ3v) is 6.86. The Morgan fingerprint density at radius 2 is 1.84 bits per heavy atom. The van der Waals surface area contributed by atoms with Gasteiger partial charge in [-0.1, -0.05) is 70.0 Å². The molecule has 1 aliphatic heterocycles. The lowest BCUT2D eigenvalue weighted by atomic mass is 9.90. The van der Waals surface area contributed by atoms with Crippen LogP contribution >= 0.6 is 0 Å². The Morgan fingerprint density at radius 1 is 1.11 bits per heavy atom. The molecular formula is C29H38N4O5. The Hall–Kier alpha value is -3.75. The van der Waals surface area contributed by atoms with Crippen LogP contribution in [0, 0.1) is 5.41 Å². The van der Waals surface area contributed by atoms with Gasteiger partial charge in [-0.05, 0) is 30.5 Å². The van der Waals surface area contributed by atoms with Crippen LogP contribution in [0.4, 0.5) is 4.79 Å². The summed E-state index contributed by atoms with van der Waals surface area (Å²) in [4.78, 5) is 57.2. The normalized spacial score (nSPS) is 17.8. The quantitative estimate of drug-likeness (QED) is 0.436. The van der Waals surface area contributed by atoms with Crippen molar-refractivity contribution in [2.75, 3.05) is 13.1 Å². The molecule has 1 aliphatic rings. The number of benzene rings is 1. The molecule has 3 rings (SSSR count). The lowest BCUT2D eigenvalue weighted by molar-refractivity contribution is -0.139. The minimum absolute atomic E-state index is 0.0715. The highest BCUT2D eigenvalue weighted by atomic mass is 16.6. The molecule has 1 aromatic carbocycles. The summed E-state index contributed by atoms with van der Waals surface area (Å²) in [6.45, 7) is 8.31. The van der Waals surface area contributed by atoms with Gasteiger partial charge in [0, 0.05) is 24.4 Å². The fourth-order valence-electron chi connectivity index (χ4n) is 4.52. The molecule has 9 heteroatoms. The number of ketones is 1. The monoisotopic (exact) mass is 522 g/mol. The fourth-order valence-corrected chi connectivity index (χ4v) is 4.52. The van der Waals surface area contributed by atoms with Crippen molar-refractivity contribution in [1.29, 1.82) is 0 Å². The van der Waals surface area contributed by atoms with Crippen LogP contribution in [-0.4, -0.2) is 58.8 Å². The summed E-state index contributed by atoms with van der Waals surface area (Å²) in [5.41, 5.74) is 1.21. The number of amides is 3. The van der Waals surface area contributed by atoms with Crippen molar-refractivity contribution in [2.24, 2.45) is 5.41 Å². The van der Waals surface area contributed by atoms with E-state index in [4.69, 9.17) is 4.74 Å². The number of rotatable bonds is 11. The van der Waals surface area contributed by atoms with Crippen LogP contribution in [-0.2, 0) is 25.5 Å². The van der Waals surface area contributed by atoms with E-state index in [0.717, 1.165) is 17.5 Å². The Kier molecular flexibility index (Phi) is 9.98. The molecule has 0 radical (unpaired) electrons. The molecule has 9 nitrogen and oxygen atoms in total. The zero-order valence-electron chi connectivity index (χ0n) is 22.6. The van der Waals surface area contributed by atoms with Gasteiger partial charge in [0.1, 0.15) is 12.1 Å². The van der Waals surface area contributed by atoms with Crippen molar-refractivity contribution in [2.45, 2.75) is 71.6 Å². The van der Waals surface area contributed by atoms with E-state index >= 15 is 0 Å². The maximum atomic E-state index is 13.0. The summed E-state index contributed by atoms with van der Waals surface area (Å²) in [5.74, 6) is -1.54. The van der Waals surface area contributed by atoms with Crippen molar-refractivity contribution in [3.63, 3.8) is 0 Å². The second kappa shape index (κ2) is 13.2. The van der Waals surface area contributed by atoms with Gasteiger partial charge < -0.3 is 20.3 Å². The summed E-state index contributed by atoms with van der Waals surface area (Å²) in [5, 5.41) is 5.33. The number of unbranched alkanes of at least 4 members (excludes halogenated alkanes) is 1. The third kappa shape index (κ3) is 7.87. The molecule has 2 heterocycles. The molecule has 1 fully saturated rings. The van der Waals surface area contributed by atoms with Crippen LogP contribution in [0.25, 0.3) is 0 Å². The van der Waals surface area contributed by atoms with Crippen LogP contribution < -0.4 is 10.6 Å². The van der Waals surface area contributed by atoms with Crippen molar-refractivity contribution in [3.8, 4) is 0 Å². The second-order valence-corrected chi connectivity index (χ2v) is 10.5. The van der Waals surface area contributed by atoms with E-state index in [9.17, 15) is 19.2 Å². The molecular weight excluding hydrogens is 484 g/mol. The predicted molar refractivity (Wildman–Crippen MR) is 143 cm³/mol. The number of carbonyl (C=O) groups is 4. The Morgan fingerprint density at radius 3 is 2.50 bits per heavy atom. The van der Waals surface area contributed by atoms with Crippen LogP contribution in [0.1, 0.15) is 64.1 Å². The van der Waals surface area contributed by atoms with Crippen LogP contribution in [0.3, 0.4) is 0 Å². The number of hydrogen-bond acceptors (Lipinski definition) is 6. The lowest BCUT2D eigenvalue weighted by Crippen LogP contribution is -2.49. The van der Waals surface area contributed by atoms with Gasteiger partial charge in [0.05, 0.1) is 19.0 Å². The van der Waals surface area contributed by atoms with E-state index in [-0.39, 0.29) is 24.9 Å². The topological polar surface area (TPSA) is 118 Å². The fraction of sp³-hybridized carbons (Fsp3) is 0.483. The van der Waals surface area contributed by atoms with E-state index < -0.39 is 35.3 Å². The Balaban J connectivity index is 1.59. The summed E-state index contributed by atoms with van der Waals surface area (Å²) >= 11 is 0. The summed E-state index contributed by atoms with van der Waals surface area (Å²) in [7, 11) is 0. The van der Waals surface area contributed by atoms with E-state index in [2.05, 4.69) is 15.6 Å². The van der Waals surface area contributed by atoms with Gasteiger partial charge in [0.2, 0.25) is 11.7 Å². The molecule has 0 spiro atoms. The first-order valence-electron chi connectivity index (χ1n) is 13.1. The number of hydrogen-bond donors (Lipinski definition) is 2. The first-order valence-corrected chi connectivity index (χ1v) is 13.1. The third-order valence-electron chi connectivity index (χ3n) is 6.86. The van der Waals surface area contributed by atoms with Crippen LogP contribution in [0.15, 0.2) is 54.9 Å². The molecule has 1 aromatic heterocycles. The summed E-state index contributed by atoms with van der Waals surface area (Å²) < 4.78 is 5.71. The minimum Gasteiger partial charge on any atom is -0.444 e. The first-order chi connectivity index (χ1) is 18.1. The smallest absolute Gasteiger partial charge is 0.408 e. The number of likely N-dealkylation sites (tertiary alicyclic amines) is 1. The maximum absolute atomic E-state index is 13.0. The molecule has 3 amide bonds. The molecule has 1 unspecified atom stereocenters. The van der Waals surface area contributed by atoms with Gasteiger partial charge in [-0.2, -0.15) is 0 Å². The standard InChI is InChI=1S/C29H38N4O5/c1-5-6-14-23(26(35)27(36)31-20(2)22-12-8-7-9-13-22)32-28(37)38-24-18-33(19-29(24,3)4)25(34)16-21-11-10-15-30-17-21/h7-13,15,17,20,23-24H,5-6,14,16,18-19H2,1-4H3,(H,31,36)(H,32,37)/t20-,23?,24-/m1/s1. The molecule has 0 bridgehead atoms. The minimum atomic E-state index is -1.00. The highest BCUT2D eigenvalue weighted by Gasteiger charge is 2.44. The molecule has 1 saturated heterocycles. The average molecular weight is 523 g/mol. The van der Waals surface area contributed by atoms with E-state index in [0.29, 0.717) is 19.4 Å². The molecule has 2 aromatic rings. The van der Waals surface area contributed by atoms with Gasteiger partial charge >= 0.3 is 6.09 Å². The largest absolute Gasteiger partial charge is 0.444 e. The number of carbonyl (C=O) groups excluding carboxylic acids is 4. The summed E-state index contributed by atoms with van der Waals surface area (Å²) in [6, 6.07) is 11.6. The molecule has 3 atom stereocenters. The van der Waals surface area contributed by atoms with Gasteiger partial charge in [-0.3, -0.25) is 19.4 Å².